The Morgan fingerprint density at radius 3 is 0.719 bits per heavy atom. The van der Waals surface area contributed by atoms with Gasteiger partial charge in [0.15, 0.2) is 69.2 Å². The fraction of sp³-hybridized carbons (Fsp3) is 0.971. The summed E-state index contributed by atoms with van der Waals surface area (Å²) in [5, 5.41) is 370. The third kappa shape index (κ3) is 22.5. The fourth-order valence-electron chi connectivity index (χ4n) is 16.5. The van der Waals surface area contributed by atoms with Gasteiger partial charge < -0.3 is 279 Å². The first-order valence-corrected chi connectivity index (χ1v) is 40.7. The van der Waals surface area contributed by atoms with Crippen molar-refractivity contribution in [1.29, 1.82) is 0 Å². The quantitative estimate of drug-likeness (QED) is 0.0290. The number of carbonyl (C=O) groups excluding carboxylic acids is 2. The summed E-state index contributed by atoms with van der Waals surface area (Å²) in [6, 6.07) is -3.64. The minimum atomic E-state index is -2.60. The van der Waals surface area contributed by atoms with E-state index in [1.54, 1.807) is 0 Å². The van der Waals surface area contributed by atoms with Crippen molar-refractivity contribution in [3.05, 3.63) is 0 Å². The predicted octanol–water partition coefficient (Wildman–Crippen LogP) is -24.7. The molecule has 128 heavy (non-hydrogen) atoms. The molecule has 11 aliphatic heterocycles. The summed E-state index contributed by atoms with van der Waals surface area (Å²) in [6.45, 7) is -10.4. The summed E-state index contributed by atoms with van der Waals surface area (Å²) in [4.78, 5) is 25.2. The smallest absolute Gasteiger partial charge is 0.217 e. The van der Waals surface area contributed by atoms with Crippen LogP contribution in [0, 0.1) is 0 Å². The maximum atomic E-state index is 13.0. The van der Waals surface area contributed by atoms with Crippen LogP contribution < -0.4 is 10.6 Å². The molecule has 11 saturated heterocycles. The van der Waals surface area contributed by atoms with Gasteiger partial charge in [-0.1, -0.05) is 0 Å². The fourth-order valence-corrected chi connectivity index (χ4v) is 16.5. The molecular formula is C70H118N2O56. The Bertz CT molecular complexity index is 3380. The van der Waals surface area contributed by atoms with E-state index >= 15 is 0 Å². The van der Waals surface area contributed by atoms with Crippen LogP contribution >= 0.6 is 0 Å². The summed E-state index contributed by atoms with van der Waals surface area (Å²) in [6.07, 6.45) is -113. The van der Waals surface area contributed by atoms with Crippen LogP contribution in [0.1, 0.15) is 13.8 Å². The van der Waals surface area contributed by atoms with Crippen molar-refractivity contribution in [2.75, 3.05) is 72.7 Å². The zero-order valence-corrected chi connectivity index (χ0v) is 67.7. The molecule has 58 nitrogen and oxygen atoms in total. The first-order valence-electron chi connectivity index (χ1n) is 40.7. The van der Waals surface area contributed by atoms with E-state index in [4.69, 9.17) is 99.5 Å². The molecule has 11 heterocycles. The number of hydrogen-bond acceptors (Lipinski definition) is 56. The number of carbonyl (C=O) groups is 2. The second-order valence-corrected chi connectivity index (χ2v) is 32.3. The van der Waals surface area contributed by atoms with Crippen LogP contribution in [0.2, 0.25) is 0 Å². The summed E-state index contributed by atoms with van der Waals surface area (Å²) in [5.41, 5.74) is 0. The molecule has 55 atom stereocenters. The number of ether oxygens (including phenoxy) is 21. The van der Waals surface area contributed by atoms with Gasteiger partial charge in [0.25, 0.3) is 0 Å². The number of nitrogens with one attached hydrogen (secondary N) is 2. The second-order valence-electron chi connectivity index (χ2n) is 32.3. The lowest BCUT2D eigenvalue weighted by atomic mass is 9.94. The first-order chi connectivity index (χ1) is 60.7. The van der Waals surface area contributed by atoms with Crippen LogP contribution in [0.5, 0.6) is 0 Å². The monoisotopic (exact) mass is 1880 g/mol. The van der Waals surface area contributed by atoms with Gasteiger partial charge in [-0.05, 0) is 0 Å². The van der Waals surface area contributed by atoms with E-state index in [0.29, 0.717) is 0 Å². The molecule has 0 aromatic carbocycles. The average Bonchev–Trinajstić information content (AvgIpc) is 0.755. The zero-order valence-electron chi connectivity index (χ0n) is 67.7. The van der Waals surface area contributed by atoms with E-state index in [2.05, 4.69) is 10.6 Å². The molecule has 58 heteroatoms. The summed E-state index contributed by atoms with van der Waals surface area (Å²) in [7, 11) is 0. The third-order valence-corrected chi connectivity index (χ3v) is 23.8. The summed E-state index contributed by atoms with van der Waals surface area (Å²) >= 11 is 0. The van der Waals surface area contributed by atoms with Crippen LogP contribution in [0.25, 0.3) is 0 Å². The Labute approximate surface area is 722 Å². The van der Waals surface area contributed by atoms with Crippen LogP contribution in [0.15, 0.2) is 0 Å². The van der Waals surface area contributed by atoms with Crippen LogP contribution in [0.4, 0.5) is 0 Å². The Morgan fingerprint density at radius 1 is 0.203 bits per heavy atom. The van der Waals surface area contributed by atoms with Crippen molar-refractivity contribution >= 4 is 11.8 Å². The van der Waals surface area contributed by atoms with Gasteiger partial charge in [0, 0.05) is 13.8 Å². The highest BCUT2D eigenvalue weighted by molar-refractivity contribution is 5.73. The molecule has 744 valence electrons. The Kier molecular flexibility index (Phi) is 37.7. The highest BCUT2D eigenvalue weighted by Crippen LogP contribution is 2.41. The lowest BCUT2D eigenvalue weighted by Crippen LogP contribution is -2.70. The largest absolute Gasteiger partial charge is 0.394 e. The van der Waals surface area contributed by atoms with Crippen molar-refractivity contribution < 1.29 is 278 Å². The summed E-state index contributed by atoms with van der Waals surface area (Å²) in [5.74, 6) is -1.78. The van der Waals surface area contributed by atoms with Crippen LogP contribution in [0.3, 0.4) is 0 Å². The Balaban J connectivity index is 0.880. The van der Waals surface area contributed by atoms with Gasteiger partial charge in [0.05, 0.1) is 72.7 Å². The van der Waals surface area contributed by atoms with Gasteiger partial charge in [0.2, 0.25) is 11.8 Å². The first kappa shape index (κ1) is 105. The molecule has 2 amide bonds. The molecule has 0 bridgehead atoms. The molecule has 0 aromatic heterocycles. The lowest BCUT2D eigenvalue weighted by Gasteiger charge is -2.50. The SMILES string of the molecule is CC(=O)N[C@@H]1[C@@H](O)[C@H](O[C@@H]2O[C@H](CO)[C@@H](O[C@@H]3O[C@H](CO[C@H]4O[C@H](CO[C@H]5O[C@H](CO)[C@@H](O[C@H]6O[C@H](CO)[C@@H](O)[C@H](O)[C@@H]6O)[C@H](O)[C@@H]5O)[C@@H](O)[C@H](O[C@H]5O[C@H](CO)[C@@H](O[C@H]6O[C@H](CO)[C@@H](O)[C@H](O)[C@@H]6O)[C@H](O)[C@@H]5O)[C@@H]4O)[C@@H](O)[C@H](O[C@H]4O[C@H](CO)[C@@H](O[C@H]5O[C@H](CO)[C@@H](O[C@H]6O[C@H](CO)[C@@H](O)[C@H](O)[C@@H]6O)[C@H](O)[C@@H]5O)[C@H](O)[C@@H]4O)[C@@H]3O)[C@H](O)[C@H]2NC(C)=O)[C@@H](CO)O[C@H]1O. The van der Waals surface area contributed by atoms with Gasteiger partial charge in [-0.15, -0.1) is 0 Å². The van der Waals surface area contributed by atoms with E-state index in [0.717, 1.165) is 13.8 Å². The van der Waals surface area contributed by atoms with Crippen molar-refractivity contribution in [3.63, 3.8) is 0 Å². The van der Waals surface area contributed by atoms with Crippen molar-refractivity contribution in [1.82, 2.24) is 10.6 Å². The van der Waals surface area contributed by atoms with Crippen molar-refractivity contribution in [3.8, 4) is 0 Å². The average molecular weight is 1880 g/mol. The Morgan fingerprint density at radius 2 is 0.406 bits per heavy atom. The van der Waals surface area contributed by atoms with E-state index in [1.807, 2.05) is 0 Å². The third-order valence-electron chi connectivity index (χ3n) is 23.8. The standard InChI is InChI=1S/C70H118N2O56/c1-14(82)71-27-34(89)52(19(6-76)110-60(27)107)121-61-28(72-15(2)83)35(90)53(20(7-77)114-61)122-70-51(106)59(128-69-49(104)42(97)57(24(11-81)118-69)126-67-47(102)40(95)55(22(9-79)116-67)124-65-44(99)37(92)30(85)17(4-74)112-65)33(88)26(120-70)13-109-63-50(105)58(127-68-48(103)41(96)56(23(10-80)117-68)125-66-45(100)38(93)31(86)18(5-75)113-66)32(87)25(119-63)12-108-62-46(101)39(94)54(21(8-78)115-62)123-64-43(98)36(91)29(84)16(3-73)111-64/h16-70,73-81,84-107H,3-13H2,1-2H3,(H,71,82)(H,72,83)/t16-,17-,18-,19-,20-,21-,22-,23-,24-,25-,26-,27-,28-,29-,30-,31-,32-,33-,34-,35-,36+,37+,38+,39-,40-,41-,42-,43+,44+,45+,46+,47+,48+,49+,50+,51+,52-,53-,54-,55-,56-,57-,58+,59+,60-,61+,62+,63+,64-,65-,66-,67-,68-,69-,70+/m1/s1. The van der Waals surface area contributed by atoms with Gasteiger partial charge in [-0.25, -0.2) is 0 Å². The topological polar surface area (TPSA) is 920 Å². The molecular weight excluding hydrogens is 1760 g/mol. The number of rotatable bonds is 33. The number of aliphatic hydroxyl groups excluding tert-OH is 33. The highest BCUT2D eigenvalue weighted by atomic mass is 16.8. The molecule has 11 fully saturated rings. The van der Waals surface area contributed by atoms with Crippen LogP contribution in [-0.2, 0) is 109 Å². The van der Waals surface area contributed by atoms with Crippen molar-refractivity contribution in [2.45, 2.75) is 351 Å². The number of amides is 2. The van der Waals surface area contributed by atoms with Crippen LogP contribution in [-0.4, -0.2) is 591 Å². The maximum Gasteiger partial charge on any atom is 0.217 e. The molecule has 0 aliphatic carbocycles. The lowest BCUT2D eigenvalue weighted by molar-refractivity contribution is -0.397. The predicted molar refractivity (Wildman–Crippen MR) is 386 cm³/mol. The van der Waals surface area contributed by atoms with E-state index in [9.17, 15) is 178 Å². The highest BCUT2D eigenvalue weighted by Gasteiger charge is 2.62. The molecule has 35 N–H and O–H groups in total. The second kappa shape index (κ2) is 45.8. The normalized spacial score (nSPS) is 51.7. The van der Waals surface area contributed by atoms with E-state index in [-0.39, 0.29) is 0 Å². The molecule has 0 saturated carbocycles. The van der Waals surface area contributed by atoms with Gasteiger partial charge in [-0.3, -0.25) is 9.59 Å². The molecule has 0 radical (unpaired) electrons. The van der Waals surface area contributed by atoms with Gasteiger partial charge in [-0.2, -0.15) is 0 Å². The number of aliphatic hydroxyl groups is 33. The zero-order chi connectivity index (χ0) is 94.0. The molecule has 0 unspecified atom stereocenters. The minimum Gasteiger partial charge on any atom is -0.394 e. The summed E-state index contributed by atoms with van der Waals surface area (Å²) < 4.78 is 121. The van der Waals surface area contributed by atoms with Crippen molar-refractivity contribution in [2.24, 2.45) is 0 Å². The van der Waals surface area contributed by atoms with E-state index in [1.165, 1.54) is 0 Å². The van der Waals surface area contributed by atoms with Gasteiger partial charge >= 0.3 is 0 Å². The van der Waals surface area contributed by atoms with E-state index < -0.39 is 422 Å². The molecule has 11 aliphatic rings. The molecule has 0 spiro atoms. The minimum absolute atomic E-state index is 0.810. The Hall–Kier alpha value is -3.22. The maximum absolute atomic E-state index is 13.0. The van der Waals surface area contributed by atoms with Gasteiger partial charge in [0.1, 0.15) is 268 Å². The molecule has 11 rings (SSSR count). The number of hydrogen-bond donors (Lipinski definition) is 35. The molecule has 0 aromatic rings.